The van der Waals surface area contributed by atoms with Crippen LogP contribution in [0.1, 0.15) is 25.8 Å². The molecule has 18 heavy (non-hydrogen) atoms. The first kappa shape index (κ1) is 14.0. The molecular formula is C13H17NO4. The average Bonchev–Trinajstić information content (AvgIpc) is 2.27. The van der Waals surface area contributed by atoms with Crippen molar-refractivity contribution in [2.75, 3.05) is 11.9 Å². The van der Waals surface area contributed by atoms with Crippen LogP contribution < -0.4 is 5.32 Å². The minimum Gasteiger partial charge on any atom is -0.508 e. The van der Waals surface area contributed by atoms with Gasteiger partial charge in [-0.05, 0) is 36.6 Å². The fraction of sp³-hybridized carbons (Fsp3) is 0.385. The maximum absolute atomic E-state index is 10.9. The van der Waals surface area contributed by atoms with E-state index in [2.05, 4.69) is 5.32 Å². The van der Waals surface area contributed by atoms with Crippen molar-refractivity contribution in [1.82, 2.24) is 0 Å². The highest BCUT2D eigenvalue weighted by Gasteiger charge is 2.04. The summed E-state index contributed by atoms with van der Waals surface area (Å²) in [6, 6.07) is 4.88. The lowest BCUT2D eigenvalue weighted by Gasteiger charge is -2.08. The number of amides is 1. The van der Waals surface area contributed by atoms with E-state index >= 15 is 0 Å². The standard InChI is InChI=1S/C13H17NO4/c1-9(15)14-12-5-6-13(17)11(8-12)4-3-7-18-10(2)16/h5-6,8,17H,3-4,7H2,1-2H3,(H,14,15). The van der Waals surface area contributed by atoms with Crippen LogP contribution >= 0.6 is 0 Å². The number of aryl methyl sites for hydroxylation is 1. The van der Waals surface area contributed by atoms with Gasteiger partial charge in [0, 0.05) is 19.5 Å². The first-order valence-electron chi connectivity index (χ1n) is 5.72. The molecule has 0 aromatic heterocycles. The number of esters is 1. The molecule has 2 N–H and O–H groups in total. The van der Waals surface area contributed by atoms with E-state index in [1.807, 2.05) is 0 Å². The molecule has 0 saturated heterocycles. The Morgan fingerprint density at radius 3 is 2.67 bits per heavy atom. The second-order valence-electron chi connectivity index (χ2n) is 3.97. The maximum atomic E-state index is 10.9. The van der Waals surface area contributed by atoms with Gasteiger partial charge in [0.2, 0.25) is 5.91 Å². The van der Waals surface area contributed by atoms with Gasteiger partial charge in [-0.25, -0.2) is 0 Å². The van der Waals surface area contributed by atoms with Crippen molar-refractivity contribution >= 4 is 17.6 Å². The third-order valence-electron chi connectivity index (χ3n) is 2.30. The number of ether oxygens (including phenoxy) is 1. The van der Waals surface area contributed by atoms with Crippen LogP contribution in [0.2, 0.25) is 0 Å². The van der Waals surface area contributed by atoms with Crippen molar-refractivity contribution < 1.29 is 19.4 Å². The van der Waals surface area contributed by atoms with Crippen LogP contribution in [0.4, 0.5) is 5.69 Å². The topological polar surface area (TPSA) is 75.6 Å². The second-order valence-corrected chi connectivity index (χ2v) is 3.97. The Hall–Kier alpha value is -2.04. The van der Waals surface area contributed by atoms with E-state index in [-0.39, 0.29) is 17.6 Å². The van der Waals surface area contributed by atoms with Gasteiger partial charge in [0.15, 0.2) is 0 Å². The number of hydrogen-bond donors (Lipinski definition) is 2. The Morgan fingerprint density at radius 1 is 1.33 bits per heavy atom. The summed E-state index contributed by atoms with van der Waals surface area (Å²) in [6.45, 7) is 3.10. The number of carbonyl (C=O) groups is 2. The van der Waals surface area contributed by atoms with Crippen LogP contribution in [0.25, 0.3) is 0 Å². The molecule has 1 aromatic carbocycles. The Kier molecular flexibility index (Phi) is 5.17. The zero-order valence-corrected chi connectivity index (χ0v) is 10.5. The quantitative estimate of drug-likeness (QED) is 0.475. The lowest BCUT2D eigenvalue weighted by atomic mass is 10.1. The molecular weight excluding hydrogens is 234 g/mol. The van der Waals surface area contributed by atoms with Gasteiger partial charge >= 0.3 is 5.97 Å². The summed E-state index contributed by atoms with van der Waals surface area (Å²) in [7, 11) is 0. The summed E-state index contributed by atoms with van der Waals surface area (Å²) in [6.07, 6.45) is 1.20. The molecule has 0 saturated carbocycles. The normalized spacial score (nSPS) is 9.89. The van der Waals surface area contributed by atoms with Gasteiger partial charge in [-0.15, -0.1) is 0 Å². The summed E-state index contributed by atoms with van der Waals surface area (Å²) in [5.41, 5.74) is 1.36. The molecule has 0 atom stereocenters. The van der Waals surface area contributed by atoms with Gasteiger partial charge in [0.1, 0.15) is 5.75 Å². The average molecular weight is 251 g/mol. The highest BCUT2D eigenvalue weighted by atomic mass is 16.5. The molecule has 98 valence electrons. The molecule has 1 aromatic rings. The largest absolute Gasteiger partial charge is 0.508 e. The number of rotatable bonds is 5. The molecule has 0 fully saturated rings. The molecule has 5 heteroatoms. The van der Waals surface area contributed by atoms with Gasteiger partial charge in [0.05, 0.1) is 6.61 Å². The third kappa shape index (κ3) is 4.86. The van der Waals surface area contributed by atoms with E-state index in [0.29, 0.717) is 30.7 Å². The van der Waals surface area contributed by atoms with Crippen LogP contribution in [0.5, 0.6) is 5.75 Å². The first-order valence-corrected chi connectivity index (χ1v) is 5.72. The summed E-state index contributed by atoms with van der Waals surface area (Å²) >= 11 is 0. The Balaban J connectivity index is 2.58. The van der Waals surface area contributed by atoms with Gasteiger partial charge in [-0.2, -0.15) is 0 Å². The van der Waals surface area contributed by atoms with E-state index in [1.165, 1.54) is 19.9 Å². The number of phenols is 1. The lowest BCUT2D eigenvalue weighted by molar-refractivity contribution is -0.141. The van der Waals surface area contributed by atoms with Crippen molar-refractivity contribution in [2.24, 2.45) is 0 Å². The van der Waals surface area contributed by atoms with Crippen LogP contribution in [-0.4, -0.2) is 23.6 Å². The Morgan fingerprint density at radius 2 is 2.06 bits per heavy atom. The number of hydrogen-bond acceptors (Lipinski definition) is 4. The van der Waals surface area contributed by atoms with Gasteiger partial charge in [-0.1, -0.05) is 0 Å². The number of anilines is 1. The Labute approximate surface area is 106 Å². The zero-order chi connectivity index (χ0) is 13.5. The summed E-state index contributed by atoms with van der Waals surface area (Å²) in [4.78, 5) is 21.5. The van der Waals surface area contributed by atoms with E-state index < -0.39 is 0 Å². The Bertz CT molecular complexity index is 443. The molecule has 0 unspecified atom stereocenters. The molecule has 1 amide bonds. The number of aromatic hydroxyl groups is 1. The fourth-order valence-electron chi connectivity index (χ4n) is 1.55. The van der Waals surface area contributed by atoms with Crippen molar-refractivity contribution in [3.63, 3.8) is 0 Å². The van der Waals surface area contributed by atoms with Crippen LogP contribution in [0.15, 0.2) is 18.2 Å². The van der Waals surface area contributed by atoms with Crippen molar-refractivity contribution in [2.45, 2.75) is 26.7 Å². The van der Waals surface area contributed by atoms with E-state index in [9.17, 15) is 14.7 Å². The molecule has 0 aliphatic carbocycles. The summed E-state index contributed by atoms with van der Waals surface area (Å²) in [5.74, 6) is -0.301. The first-order chi connectivity index (χ1) is 8.49. The number of benzene rings is 1. The van der Waals surface area contributed by atoms with Gasteiger partial charge in [0.25, 0.3) is 0 Å². The van der Waals surface area contributed by atoms with E-state index in [0.717, 1.165) is 0 Å². The highest BCUT2D eigenvalue weighted by molar-refractivity contribution is 5.88. The molecule has 0 aliphatic rings. The van der Waals surface area contributed by atoms with E-state index in [1.54, 1.807) is 12.1 Å². The molecule has 1 rings (SSSR count). The maximum Gasteiger partial charge on any atom is 0.302 e. The van der Waals surface area contributed by atoms with Crippen LogP contribution in [0.3, 0.4) is 0 Å². The molecule has 0 radical (unpaired) electrons. The molecule has 0 heterocycles. The molecule has 0 spiro atoms. The molecule has 5 nitrogen and oxygen atoms in total. The van der Waals surface area contributed by atoms with E-state index in [4.69, 9.17) is 4.74 Å². The van der Waals surface area contributed by atoms with Crippen molar-refractivity contribution in [3.05, 3.63) is 23.8 Å². The van der Waals surface area contributed by atoms with Gasteiger partial charge < -0.3 is 15.2 Å². The number of carbonyl (C=O) groups excluding carboxylic acids is 2. The SMILES string of the molecule is CC(=O)Nc1ccc(O)c(CCCOC(C)=O)c1. The third-order valence-corrected chi connectivity index (χ3v) is 2.30. The fourth-order valence-corrected chi connectivity index (χ4v) is 1.55. The minimum atomic E-state index is -0.314. The molecule has 0 aliphatic heterocycles. The van der Waals surface area contributed by atoms with Crippen LogP contribution in [-0.2, 0) is 20.7 Å². The number of phenolic OH excluding ortho intramolecular Hbond substituents is 1. The smallest absolute Gasteiger partial charge is 0.302 e. The minimum absolute atomic E-state index is 0.161. The summed E-state index contributed by atoms with van der Waals surface area (Å²) < 4.78 is 4.81. The lowest BCUT2D eigenvalue weighted by Crippen LogP contribution is -2.06. The predicted octanol–water partition coefficient (Wildman–Crippen LogP) is 1.85. The predicted molar refractivity (Wildman–Crippen MR) is 67.4 cm³/mol. The van der Waals surface area contributed by atoms with Crippen LogP contribution in [0, 0.1) is 0 Å². The van der Waals surface area contributed by atoms with Crippen molar-refractivity contribution in [3.8, 4) is 5.75 Å². The molecule has 0 bridgehead atoms. The second kappa shape index (κ2) is 6.64. The zero-order valence-electron chi connectivity index (χ0n) is 10.5. The highest BCUT2D eigenvalue weighted by Crippen LogP contribution is 2.22. The van der Waals surface area contributed by atoms with Gasteiger partial charge in [-0.3, -0.25) is 9.59 Å². The summed E-state index contributed by atoms with van der Waals surface area (Å²) in [5, 5.41) is 12.3. The number of nitrogens with one attached hydrogen (secondary N) is 1. The van der Waals surface area contributed by atoms with Crippen molar-refractivity contribution in [1.29, 1.82) is 0 Å². The monoisotopic (exact) mass is 251 g/mol.